The molecule has 1 aromatic rings. The van der Waals surface area contributed by atoms with E-state index in [4.69, 9.17) is 39.5 Å². The van der Waals surface area contributed by atoms with Gasteiger partial charge in [-0.05, 0) is 25.3 Å². The maximum Gasteiger partial charge on any atom is 0.262 e. The van der Waals surface area contributed by atoms with Crippen LogP contribution >= 0.6 is 46.1 Å². The SMILES string of the molecule is C[C@@H]1CN([C@H](NC(=O)c2cccs2)C(Cl)(Cl)Cl)C[C@H](C)O1. The number of alkyl halides is 3. The quantitative estimate of drug-likeness (QED) is 0.829. The van der Waals surface area contributed by atoms with E-state index >= 15 is 0 Å². The van der Waals surface area contributed by atoms with Crippen molar-refractivity contribution in [2.24, 2.45) is 0 Å². The maximum absolute atomic E-state index is 12.2. The van der Waals surface area contributed by atoms with Gasteiger partial charge in [-0.1, -0.05) is 40.9 Å². The summed E-state index contributed by atoms with van der Waals surface area (Å²) in [6.07, 6.45) is -0.671. The molecule has 3 atom stereocenters. The Bertz CT molecular complexity index is 468. The molecule has 4 nitrogen and oxygen atoms in total. The van der Waals surface area contributed by atoms with Gasteiger partial charge in [-0.3, -0.25) is 9.69 Å². The highest BCUT2D eigenvalue weighted by atomic mass is 35.6. The highest BCUT2D eigenvalue weighted by Crippen LogP contribution is 2.33. The van der Waals surface area contributed by atoms with Gasteiger partial charge in [0, 0.05) is 13.1 Å². The fraction of sp³-hybridized carbons (Fsp3) is 0.615. The zero-order valence-corrected chi connectivity index (χ0v) is 14.8. The number of halogens is 3. The molecule has 1 aliphatic rings. The summed E-state index contributed by atoms with van der Waals surface area (Å²) < 4.78 is 4.05. The van der Waals surface area contributed by atoms with Gasteiger partial charge >= 0.3 is 0 Å². The molecular weight excluding hydrogens is 355 g/mol. The lowest BCUT2D eigenvalue weighted by Crippen LogP contribution is -2.60. The fourth-order valence-corrected chi connectivity index (χ4v) is 3.62. The number of hydrogen-bond acceptors (Lipinski definition) is 4. The number of ether oxygens (including phenoxy) is 1. The summed E-state index contributed by atoms with van der Waals surface area (Å²) in [6, 6.07) is 3.54. The minimum absolute atomic E-state index is 0.0160. The molecule has 0 spiro atoms. The standard InChI is InChI=1S/C13H17Cl3N2O2S/c1-8-6-18(7-9(2)20-8)12(13(14,15)16)17-11(19)10-4-3-5-21-10/h3-5,8-9,12H,6-7H2,1-2H3,(H,17,19)/t8-,9+,12-/m0/s1. The second-order valence-electron chi connectivity index (χ2n) is 5.11. The van der Waals surface area contributed by atoms with Crippen LogP contribution in [-0.4, -0.2) is 46.1 Å². The van der Waals surface area contributed by atoms with Gasteiger partial charge in [0.1, 0.15) is 6.17 Å². The Morgan fingerprint density at radius 2 is 2.05 bits per heavy atom. The summed E-state index contributed by atoms with van der Waals surface area (Å²) in [6.45, 7) is 5.10. The van der Waals surface area contributed by atoms with Gasteiger partial charge in [0.05, 0.1) is 17.1 Å². The first kappa shape index (κ1) is 17.3. The third-order valence-electron chi connectivity index (χ3n) is 3.14. The van der Waals surface area contributed by atoms with E-state index in [1.807, 2.05) is 30.2 Å². The van der Waals surface area contributed by atoms with Crippen LogP contribution in [0.2, 0.25) is 0 Å². The molecule has 2 rings (SSSR count). The van der Waals surface area contributed by atoms with Crippen LogP contribution in [0, 0.1) is 0 Å². The van der Waals surface area contributed by atoms with E-state index in [-0.39, 0.29) is 18.1 Å². The van der Waals surface area contributed by atoms with Crippen LogP contribution in [0.1, 0.15) is 23.5 Å². The Morgan fingerprint density at radius 3 is 2.52 bits per heavy atom. The van der Waals surface area contributed by atoms with Gasteiger partial charge in [0.25, 0.3) is 5.91 Å². The summed E-state index contributed by atoms with van der Waals surface area (Å²) in [5, 5.41) is 4.65. The molecular formula is C13H17Cl3N2O2S. The Labute approximate surface area is 143 Å². The monoisotopic (exact) mass is 370 g/mol. The maximum atomic E-state index is 12.2. The van der Waals surface area contributed by atoms with Crippen molar-refractivity contribution in [2.75, 3.05) is 13.1 Å². The molecule has 8 heteroatoms. The first-order valence-electron chi connectivity index (χ1n) is 6.58. The molecule has 0 unspecified atom stereocenters. The summed E-state index contributed by atoms with van der Waals surface area (Å²) >= 11 is 19.6. The Balaban J connectivity index is 2.13. The van der Waals surface area contributed by atoms with Gasteiger partial charge in [-0.2, -0.15) is 0 Å². The molecule has 118 valence electrons. The van der Waals surface area contributed by atoms with Crippen molar-refractivity contribution in [1.82, 2.24) is 10.2 Å². The highest BCUT2D eigenvalue weighted by molar-refractivity contribution is 7.12. The summed E-state index contributed by atoms with van der Waals surface area (Å²) in [4.78, 5) is 14.8. The number of hydrogen-bond donors (Lipinski definition) is 1. The first-order valence-corrected chi connectivity index (χ1v) is 8.59. The van der Waals surface area contributed by atoms with Crippen molar-refractivity contribution in [3.63, 3.8) is 0 Å². The minimum Gasteiger partial charge on any atom is -0.373 e. The van der Waals surface area contributed by atoms with E-state index in [9.17, 15) is 4.79 Å². The second kappa shape index (κ2) is 7.02. The zero-order valence-electron chi connectivity index (χ0n) is 11.7. The largest absolute Gasteiger partial charge is 0.373 e. The van der Waals surface area contributed by atoms with Crippen LogP contribution in [0.25, 0.3) is 0 Å². The average molecular weight is 372 g/mol. The molecule has 1 aliphatic heterocycles. The molecule has 2 heterocycles. The fourth-order valence-electron chi connectivity index (χ4n) is 2.41. The number of carbonyl (C=O) groups excluding carboxylic acids is 1. The van der Waals surface area contributed by atoms with Gasteiger partial charge in [0.2, 0.25) is 3.79 Å². The Kier molecular flexibility index (Phi) is 5.79. The number of thiophene rings is 1. The van der Waals surface area contributed by atoms with Gasteiger partial charge in [-0.25, -0.2) is 0 Å². The van der Waals surface area contributed by atoms with Crippen molar-refractivity contribution >= 4 is 52.0 Å². The van der Waals surface area contributed by atoms with Gasteiger partial charge in [-0.15, -0.1) is 11.3 Å². The van der Waals surface area contributed by atoms with Crippen LogP contribution in [0.3, 0.4) is 0 Å². The molecule has 1 fully saturated rings. The molecule has 1 aromatic heterocycles. The molecule has 1 amide bonds. The lowest BCUT2D eigenvalue weighted by molar-refractivity contribution is -0.0826. The van der Waals surface area contributed by atoms with E-state index in [0.717, 1.165) is 0 Å². The van der Waals surface area contributed by atoms with Crippen molar-refractivity contribution < 1.29 is 9.53 Å². The van der Waals surface area contributed by atoms with Crippen molar-refractivity contribution in [1.29, 1.82) is 0 Å². The van der Waals surface area contributed by atoms with Crippen molar-refractivity contribution in [3.8, 4) is 0 Å². The lowest BCUT2D eigenvalue weighted by atomic mass is 10.2. The number of nitrogens with one attached hydrogen (secondary N) is 1. The van der Waals surface area contributed by atoms with E-state index in [2.05, 4.69) is 5.32 Å². The number of nitrogens with zero attached hydrogens (tertiary/aromatic N) is 1. The number of rotatable bonds is 3. The number of morpholine rings is 1. The van der Waals surface area contributed by atoms with Crippen LogP contribution in [-0.2, 0) is 4.74 Å². The third kappa shape index (κ3) is 4.71. The Morgan fingerprint density at radius 1 is 1.43 bits per heavy atom. The summed E-state index contributed by atoms with van der Waals surface area (Å²) in [5.74, 6) is -0.242. The van der Waals surface area contributed by atoms with Crippen LogP contribution in [0.4, 0.5) is 0 Å². The molecule has 0 radical (unpaired) electrons. The summed E-state index contributed by atoms with van der Waals surface area (Å²) in [7, 11) is 0. The van der Waals surface area contributed by atoms with Crippen molar-refractivity contribution in [3.05, 3.63) is 22.4 Å². The molecule has 0 aliphatic carbocycles. The molecule has 0 aromatic carbocycles. The van der Waals surface area contributed by atoms with E-state index in [1.165, 1.54) is 11.3 Å². The average Bonchev–Trinajstić information content (AvgIpc) is 2.86. The van der Waals surface area contributed by atoms with E-state index in [0.29, 0.717) is 18.0 Å². The molecule has 0 saturated carbocycles. The van der Waals surface area contributed by atoms with Crippen LogP contribution < -0.4 is 5.32 Å². The lowest BCUT2D eigenvalue weighted by Gasteiger charge is -2.42. The minimum atomic E-state index is -1.62. The topological polar surface area (TPSA) is 41.6 Å². The zero-order chi connectivity index (χ0) is 15.6. The molecule has 21 heavy (non-hydrogen) atoms. The van der Waals surface area contributed by atoms with Gasteiger partial charge in [0.15, 0.2) is 0 Å². The van der Waals surface area contributed by atoms with E-state index < -0.39 is 9.96 Å². The first-order chi connectivity index (χ1) is 9.77. The van der Waals surface area contributed by atoms with E-state index in [1.54, 1.807) is 6.07 Å². The highest BCUT2D eigenvalue weighted by Gasteiger charge is 2.41. The van der Waals surface area contributed by atoms with Crippen molar-refractivity contribution in [2.45, 2.75) is 36.0 Å². The van der Waals surface area contributed by atoms with Gasteiger partial charge < -0.3 is 10.1 Å². The Hall–Kier alpha value is -0.0400. The number of amides is 1. The predicted molar refractivity (Wildman–Crippen MR) is 87.4 cm³/mol. The molecule has 1 N–H and O–H groups in total. The number of carbonyl (C=O) groups is 1. The predicted octanol–water partition coefficient (Wildman–Crippen LogP) is 3.28. The normalized spacial score (nSPS) is 25.6. The van der Waals surface area contributed by atoms with Crippen LogP contribution in [0.5, 0.6) is 0 Å². The second-order valence-corrected chi connectivity index (χ2v) is 8.42. The molecule has 0 bridgehead atoms. The molecule has 1 saturated heterocycles. The third-order valence-corrected chi connectivity index (χ3v) is 4.62. The van der Waals surface area contributed by atoms with Crippen LogP contribution in [0.15, 0.2) is 17.5 Å². The smallest absolute Gasteiger partial charge is 0.262 e. The summed E-state index contributed by atoms with van der Waals surface area (Å²) in [5.41, 5.74) is 0.